The van der Waals surface area contributed by atoms with Gasteiger partial charge in [0.2, 0.25) is 0 Å². The van der Waals surface area contributed by atoms with Crippen molar-refractivity contribution < 1.29 is 18.7 Å². The number of benzene rings is 1. The normalized spacial score (nSPS) is 16.3. The smallest absolute Gasteiger partial charge is 0.256 e. The third-order valence-corrected chi connectivity index (χ3v) is 7.44. The largest absolute Gasteiger partial charge is 0.496 e. The van der Waals surface area contributed by atoms with Gasteiger partial charge in [-0.05, 0) is 64.2 Å². The number of hydrogen-bond acceptors (Lipinski definition) is 6. The first-order valence-electron chi connectivity index (χ1n) is 12.9. The highest BCUT2D eigenvalue weighted by Crippen LogP contribution is 2.44. The molecule has 0 unspecified atom stereocenters. The van der Waals surface area contributed by atoms with Crippen LogP contribution in [0.1, 0.15) is 71.5 Å². The fraction of sp³-hybridized carbons (Fsp3) is 0.500. The number of methoxy groups -OCH3 is 1. The van der Waals surface area contributed by atoms with Crippen LogP contribution in [0, 0.1) is 13.8 Å². The summed E-state index contributed by atoms with van der Waals surface area (Å²) in [4.78, 5) is 31.5. The number of aryl methyl sites for hydroxylation is 1. The second kappa shape index (κ2) is 10.0. The predicted octanol–water partition coefficient (Wildman–Crippen LogP) is 4.56. The molecule has 1 saturated heterocycles. The molecule has 1 aliphatic heterocycles. The molecule has 2 fully saturated rings. The highest BCUT2D eigenvalue weighted by Gasteiger charge is 2.31. The fourth-order valence-corrected chi connectivity index (χ4v) is 5.36. The average Bonchev–Trinajstić information content (AvgIpc) is 3.64. The number of aromatic nitrogens is 1. The Hall–Kier alpha value is -3.26. The minimum absolute atomic E-state index is 0.0631. The lowest BCUT2D eigenvalue weighted by molar-refractivity contribution is 0.0846. The third-order valence-electron chi connectivity index (χ3n) is 7.44. The highest BCUT2D eigenvalue weighted by atomic mass is 16.5. The zero-order chi connectivity index (χ0) is 25.4. The minimum atomic E-state index is -0.265. The van der Waals surface area contributed by atoms with Gasteiger partial charge in [0.15, 0.2) is 0 Å². The van der Waals surface area contributed by atoms with Crippen molar-refractivity contribution in [2.24, 2.45) is 0 Å². The number of pyridine rings is 1. The Kier molecular flexibility index (Phi) is 6.79. The number of carbonyl (C=O) groups excluding carboxylic acids is 1. The summed E-state index contributed by atoms with van der Waals surface area (Å²) in [5, 5.41) is 3.80. The van der Waals surface area contributed by atoms with Crippen molar-refractivity contribution in [3.05, 3.63) is 56.7 Å². The lowest BCUT2D eigenvalue weighted by Gasteiger charge is -2.36. The standard InChI is InChI=1S/C28H35N3O5/c1-5-31(19-8-10-35-11-9-19)22-14-25-20(13-23(36-25)18-6-7-18)26(17(22)3)28(33)29-15-21-24(34-4)12-16(2)30-27(21)32/h12-14,18-19H,5-11,15H2,1-4H3,(H,29,33)(H,30,32). The van der Waals surface area contributed by atoms with Gasteiger partial charge in [-0.25, -0.2) is 0 Å². The zero-order valence-electron chi connectivity index (χ0n) is 21.5. The lowest BCUT2D eigenvalue weighted by Crippen LogP contribution is -2.40. The lowest BCUT2D eigenvalue weighted by atomic mass is 9.98. The third kappa shape index (κ3) is 4.62. The van der Waals surface area contributed by atoms with E-state index in [2.05, 4.69) is 28.2 Å². The molecule has 0 atom stereocenters. The van der Waals surface area contributed by atoms with Gasteiger partial charge in [-0.2, -0.15) is 0 Å². The van der Waals surface area contributed by atoms with E-state index in [0.717, 1.165) is 73.4 Å². The molecule has 3 heterocycles. The van der Waals surface area contributed by atoms with E-state index in [1.165, 1.54) is 7.11 Å². The summed E-state index contributed by atoms with van der Waals surface area (Å²) in [5.74, 6) is 1.61. The Labute approximate surface area is 211 Å². The molecule has 0 radical (unpaired) electrons. The summed E-state index contributed by atoms with van der Waals surface area (Å²) >= 11 is 0. The number of fused-ring (bicyclic) bond motifs is 1. The van der Waals surface area contributed by atoms with Gasteiger partial charge in [0.05, 0.1) is 24.8 Å². The molecule has 1 amide bonds. The molecule has 2 N–H and O–H groups in total. The van der Waals surface area contributed by atoms with Crippen LogP contribution in [0.3, 0.4) is 0 Å². The summed E-state index contributed by atoms with van der Waals surface area (Å²) in [5.41, 5.74) is 4.11. The molecular formula is C28H35N3O5. The van der Waals surface area contributed by atoms with Crippen LogP contribution in [-0.2, 0) is 11.3 Å². The number of nitrogens with one attached hydrogen (secondary N) is 2. The maximum atomic E-state index is 13.7. The number of ether oxygens (including phenoxy) is 2. The van der Waals surface area contributed by atoms with Crippen LogP contribution >= 0.6 is 0 Å². The first-order chi connectivity index (χ1) is 17.4. The summed E-state index contributed by atoms with van der Waals surface area (Å²) < 4.78 is 17.3. The van der Waals surface area contributed by atoms with Crippen LogP contribution in [0.5, 0.6) is 5.75 Å². The zero-order valence-corrected chi connectivity index (χ0v) is 21.5. The SMILES string of the molecule is CCN(c1cc2oc(C3CC3)cc2c(C(=O)NCc2c(OC)cc(C)[nH]c2=O)c1C)C1CCOCC1. The monoisotopic (exact) mass is 493 g/mol. The van der Waals surface area contributed by atoms with Crippen molar-refractivity contribution in [3.8, 4) is 5.75 Å². The van der Waals surface area contributed by atoms with Crippen molar-refractivity contribution in [3.63, 3.8) is 0 Å². The Morgan fingerprint density at radius 2 is 1.92 bits per heavy atom. The Morgan fingerprint density at radius 1 is 1.17 bits per heavy atom. The number of nitrogens with zero attached hydrogens (tertiary/aromatic N) is 1. The number of anilines is 1. The maximum absolute atomic E-state index is 13.7. The molecule has 1 aliphatic carbocycles. The minimum Gasteiger partial charge on any atom is -0.496 e. The molecule has 5 rings (SSSR count). The molecular weight excluding hydrogens is 458 g/mol. The molecule has 0 bridgehead atoms. The van der Waals surface area contributed by atoms with Crippen molar-refractivity contribution in [2.75, 3.05) is 31.8 Å². The molecule has 8 nitrogen and oxygen atoms in total. The van der Waals surface area contributed by atoms with Crippen LogP contribution < -0.4 is 20.5 Å². The molecule has 0 spiro atoms. The molecule has 36 heavy (non-hydrogen) atoms. The van der Waals surface area contributed by atoms with E-state index in [0.29, 0.717) is 34.5 Å². The molecule has 1 aromatic carbocycles. The number of H-pyrrole nitrogens is 1. The first-order valence-corrected chi connectivity index (χ1v) is 12.9. The van der Waals surface area contributed by atoms with Crippen molar-refractivity contribution >= 4 is 22.6 Å². The molecule has 8 heteroatoms. The molecule has 3 aromatic rings. The molecule has 192 valence electrons. The van der Waals surface area contributed by atoms with E-state index >= 15 is 0 Å². The van der Waals surface area contributed by atoms with Crippen molar-refractivity contribution in [1.82, 2.24) is 10.3 Å². The summed E-state index contributed by atoms with van der Waals surface area (Å²) in [7, 11) is 1.53. The maximum Gasteiger partial charge on any atom is 0.256 e. The van der Waals surface area contributed by atoms with E-state index in [9.17, 15) is 9.59 Å². The Bertz CT molecular complexity index is 1330. The van der Waals surface area contributed by atoms with Crippen molar-refractivity contribution in [2.45, 2.75) is 65.0 Å². The van der Waals surface area contributed by atoms with Gasteiger partial charge in [-0.3, -0.25) is 9.59 Å². The van der Waals surface area contributed by atoms with E-state index in [4.69, 9.17) is 13.9 Å². The first kappa shape index (κ1) is 24.4. The Balaban J connectivity index is 1.54. The van der Waals surface area contributed by atoms with Crippen LogP contribution in [0.2, 0.25) is 0 Å². The van der Waals surface area contributed by atoms with Crippen LogP contribution in [0.25, 0.3) is 11.0 Å². The van der Waals surface area contributed by atoms with Crippen LogP contribution in [0.15, 0.2) is 27.4 Å². The summed E-state index contributed by atoms with van der Waals surface area (Å²) in [6, 6.07) is 6.24. The Morgan fingerprint density at radius 3 is 2.58 bits per heavy atom. The average molecular weight is 494 g/mol. The van der Waals surface area contributed by atoms with Crippen LogP contribution in [0.4, 0.5) is 5.69 Å². The number of hydrogen-bond donors (Lipinski definition) is 2. The van der Waals surface area contributed by atoms with E-state index < -0.39 is 0 Å². The van der Waals surface area contributed by atoms with Gasteiger partial charge in [-0.1, -0.05) is 0 Å². The predicted molar refractivity (Wildman–Crippen MR) is 139 cm³/mol. The number of rotatable bonds is 8. The quantitative estimate of drug-likeness (QED) is 0.478. The van der Waals surface area contributed by atoms with Gasteiger partial charge in [-0.15, -0.1) is 0 Å². The van der Waals surface area contributed by atoms with E-state index in [1.54, 1.807) is 13.0 Å². The highest BCUT2D eigenvalue weighted by molar-refractivity contribution is 6.09. The van der Waals surface area contributed by atoms with Gasteiger partial charge in [0.1, 0.15) is 17.1 Å². The molecule has 1 saturated carbocycles. The number of aromatic amines is 1. The number of amides is 1. The van der Waals surface area contributed by atoms with Gasteiger partial charge in [0.25, 0.3) is 11.5 Å². The van der Waals surface area contributed by atoms with Gasteiger partial charge >= 0.3 is 0 Å². The fourth-order valence-electron chi connectivity index (χ4n) is 5.36. The van der Waals surface area contributed by atoms with Gasteiger partial charge in [0, 0.05) is 54.6 Å². The van der Waals surface area contributed by atoms with Gasteiger partial charge < -0.3 is 29.1 Å². The number of furan rings is 1. The van der Waals surface area contributed by atoms with E-state index in [1.807, 2.05) is 13.0 Å². The molecule has 2 aromatic heterocycles. The molecule has 2 aliphatic rings. The van der Waals surface area contributed by atoms with E-state index in [-0.39, 0.29) is 18.0 Å². The summed E-state index contributed by atoms with van der Waals surface area (Å²) in [6.07, 6.45) is 4.14. The second-order valence-electron chi connectivity index (χ2n) is 9.87. The topological polar surface area (TPSA) is 96.8 Å². The second-order valence-corrected chi connectivity index (χ2v) is 9.87. The van der Waals surface area contributed by atoms with Crippen molar-refractivity contribution in [1.29, 1.82) is 0 Å². The number of carbonyl (C=O) groups is 1. The summed E-state index contributed by atoms with van der Waals surface area (Å²) in [6.45, 7) is 8.33. The van der Waals surface area contributed by atoms with Crippen LogP contribution in [-0.4, -0.2) is 43.8 Å².